The van der Waals surface area contributed by atoms with Crippen LogP contribution in [0, 0.1) is 0 Å². The highest BCUT2D eigenvalue weighted by Crippen LogP contribution is 2.28. The molecule has 0 spiro atoms. The molecule has 1 amide bonds. The summed E-state index contributed by atoms with van der Waals surface area (Å²) in [7, 11) is 2.94. The van der Waals surface area contributed by atoms with Crippen molar-refractivity contribution >= 4 is 16.9 Å². The molecule has 0 saturated heterocycles. The molecular formula is C16H21N5O3. The largest absolute Gasteiger partial charge is 0.344 e. The van der Waals surface area contributed by atoms with Gasteiger partial charge in [-0.1, -0.05) is 12.8 Å². The van der Waals surface area contributed by atoms with Crippen molar-refractivity contribution in [3.05, 3.63) is 38.7 Å². The zero-order valence-corrected chi connectivity index (χ0v) is 13.8. The highest BCUT2D eigenvalue weighted by atomic mass is 16.2. The zero-order chi connectivity index (χ0) is 17.5. The number of nitrogens with zero attached hydrogens (tertiary/aromatic N) is 3. The second-order valence-corrected chi connectivity index (χ2v) is 6.42. The number of nitrogens with two attached hydrogens (primary N) is 1. The molecule has 2 heterocycles. The van der Waals surface area contributed by atoms with Crippen LogP contribution in [-0.2, 0) is 14.1 Å². The molecule has 8 heteroatoms. The highest BCUT2D eigenvalue weighted by Gasteiger charge is 2.34. The van der Waals surface area contributed by atoms with E-state index in [1.165, 1.54) is 30.8 Å². The van der Waals surface area contributed by atoms with Gasteiger partial charge in [0.25, 0.3) is 11.5 Å². The first kappa shape index (κ1) is 16.4. The van der Waals surface area contributed by atoms with E-state index in [4.69, 9.17) is 5.73 Å². The molecule has 2 aromatic heterocycles. The van der Waals surface area contributed by atoms with Crippen LogP contribution in [0.5, 0.6) is 0 Å². The first-order valence-corrected chi connectivity index (χ1v) is 7.98. The molecule has 8 nitrogen and oxygen atoms in total. The van der Waals surface area contributed by atoms with Crippen LogP contribution in [0.3, 0.4) is 0 Å². The van der Waals surface area contributed by atoms with E-state index in [0.717, 1.165) is 30.3 Å². The number of hydrogen-bond donors (Lipinski definition) is 2. The SMILES string of the molecule is Cn1c(=O)c2ccc(C(=O)NC3(CN)CCCC3)nc2n(C)c1=O. The maximum atomic E-state index is 12.6. The Kier molecular flexibility index (Phi) is 4.00. The first-order chi connectivity index (χ1) is 11.4. The molecule has 24 heavy (non-hydrogen) atoms. The van der Waals surface area contributed by atoms with Gasteiger partial charge in [0.05, 0.1) is 10.9 Å². The maximum Gasteiger partial charge on any atom is 0.332 e. The topological polar surface area (TPSA) is 112 Å². The minimum atomic E-state index is -0.480. The second-order valence-electron chi connectivity index (χ2n) is 6.42. The van der Waals surface area contributed by atoms with Gasteiger partial charge in [-0.3, -0.25) is 18.7 Å². The maximum absolute atomic E-state index is 12.6. The number of carbonyl (C=O) groups is 1. The number of aromatic nitrogens is 3. The Bertz CT molecular complexity index is 922. The van der Waals surface area contributed by atoms with Crippen molar-refractivity contribution in [2.24, 2.45) is 19.8 Å². The van der Waals surface area contributed by atoms with E-state index in [1.807, 2.05) is 0 Å². The number of rotatable bonds is 3. The number of aryl methyl sites for hydroxylation is 1. The van der Waals surface area contributed by atoms with Crippen molar-refractivity contribution in [1.29, 1.82) is 0 Å². The van der Waals surface area contributed by atoms with Gasteiger partial charge in [0.1, 0.15) is 11.3 Å². The summed E-state index contributed by atoms with van der Waals surface area (Å²) in [5.41, 5.74) is 4.92. The molecular weight excluding hydrogens is 310 g/mol. The molecule has 0 unspecified atom stereocenters. The minimum Gasteiger partial charge on any atom is -0.344 e. The summed E-state index contributed by atoms with van der Waals surface area (Å²) in [5.74, 6) is -0.336. The predicted octanol–water partition coefficient (Wildman–Crippen LogP) is -0.367. The summed E-state index contributed by atoms with van der Waals surface area (Å²) in [6.07, 6.45) is 3.77. The standard InChI is InChI=1S/C16H21N5O3/c1-20-12-10(14(23)21(2)15(20)24)5-6-11(18-12)13(22)19-16(9-17)7-3-4-8-16/h5-6H,3-4,7-9,17H2,1-2H3,(H,19,22). The molecule has 0 atom stereocenters. The van der Waals surface area contributed by atoms with Gasteiger partial charge in [-0.2, -0.15) is 0 Å². The van der Waals surface area contributed by atoms with Gasteiger partial charge < -0.3 is 11.1 Å². The van der Waals surface area contributed by atoms with Crippen LogP contribution in [0.15, 0.2) is 21.7 Å². The molecule has 0 bridgehead atoms. The second kappa shape index (κ2) is 5.86. The summed E-state index contributed by atoms with van der Waals surface area (Å²) >= 11 is 0. The Morgan fingerprint density at radius 3 is 2.54 bits per heavy atom. The van der Waals surface area contributed by atoms with Crippen LogP contribution < -0.4 is 22.3 Å². The normalized spacial score (nSPS) is 16.5. The molecule has 128 valence electrons. The van der Waals surface area contributed by atoms with Crippen LogP contribution in [0.4, 0.5) is 0 Å². The first-order valence-electron chi connectivity index (χ1n) is 7.98. The van der Waals surface area contributed by atoms with E-state index >= 15 is 0 Å². The Hall–Kier alpha value is -2.48. The van der Waals surface area contributed by atoms with Gasteiger partial charge in [-0.15, -0.1) is 0 Å². The van der Waals surface area contributed by atoms with Crippen molar-refractivity contribution in [2.75, 3.05) is 6.54 Å². The molecule has 3 rings (SSSR count). The lowest BCUT2D eigenvalue weighted by Gasteiger charge is -2.28. The van der Waals surface area contributed by atoms with E-state index in [0.29, 0.717) is 11.9 Å². The zero-order valence-electron chi connectivity index (χ0n) is 13.8. The summed E-state index contributed by atoms with van der Waals surface area (Å²) in [5, 5.41) is 3.28. The Morgan fingerprint density at radius 2 is 1.92 bits per heavy atom. The Morgan fingerprint density at radius 1 is 1.25 bits per heavy atom. The lowest BCUT2D eigenvalue weighted by atomic mass is 9.97. The summed E-state index contributed by atoms with van der Waals surface area (Å²) < 4.78 is 2.29. The predicted molar refractivity (Wildman–Crippen MR) is 89.9 cm³/mol. The smallest absolute Gasteiger partial charge is 0.332 e. The molecule has 1 aliphatic carbocycles. The monoisotopic (exact) mass is 331 g/mol. The lowest BCUT2D eigenvalue weighted by molar-refractivity contribution is 0.0898. The number of carbonyl (C=O) groups excluding carboxylic acids is 1. The van der Waals surface area contributed by atoms with E-state index in [-0.39, 0.29) is 22.8 Å². The van der Waals surface area contributed by atoms with Gasteiger partial charge >= 0.3 is 5.69 Å². The van der Waals surface area contributed by atoms with Gasteiger partial charge in [0, 0.05) is 20.6 Å². The van der Waals surface area contributed by atoms with E-state index in [1.54, 1.807) is 0 Å². The third-order valence-electron chi connectivity index (χ3n) is 4.86. The summed E-state index contributed by atoms with van der Waals surface area (Å²) in [6, 6.07) is 3.03. The number of hydrogen-bond acceptors (Lipinski definition) is 5. The summed E-state index contributed by atoms with van der Waals surface area (Å²) in [6.45, 7) is 0.380. The minimum absolute atomic E-state index is 0.172. The number of fused-ring (bicyclic) bond motifs is 1. The van der Waals surface area contributed by atoms with Crippen LogP contribution in [0.2, 0.25) is 0 Å². The van der Waals surface area contributed by atoms with Crippen LogP contribution in [0.1, 0.15) is 36.2 Å². The van der Waals surface area contributed by atoms with Crippen molar-refractivity contribution in [3.8, 4) is 0 Å². The number of nitrogens with one attached hydrogen (secondary N) is 1. The highest BCUT2D eigenvalue weighted by molar-refractivity contribution is 5.94. The van der Waals surface area contributed by atoms with E-state index in [2.05, 4.69) is 10.3 Å². The van der Waals surface area contributed by atoms with Crippen molar-refractivity contribution in [1.82, 2.24) is 19.4 Å². The Labute approximate surface area is 138 Å². The quantitative estimate of drug-likeness (QED) is 0.797. The lowest BCUT2D eigenvalue weighted by Crippen LogP contribution is -2.51. The van der Waals surface area contributed by atoms with Crippen molar-refractivity contribution in [2.45, 2.75) is 31.2 Å². The van der Waals surface area contributed by atoms with Crippen LogP contribution in [0.25, 0.3) is 11.0 Å². The van der Waals surface area contributed by atoms with Gasteiger partial charge in [-0.25, -0.2) is 9.78 Å². The fourth-order valence-corrected chi connectivity index (χ4v) is 3.32. The molecule has 0 radical (unpaired) electrons. The number of pyridine rings is 1. The van der Waals surface area contributed by atoms with Gasteiger partial charge in [0.2, 0.25) is 0 Å². The van der Waals surface area contributed by atoms with Crippen LogP contribution in [-0.4, -0.2) is 32.1 Å². The van der Waals surface area contributed by atoms with Crippen molar-refractivity contribution < 1.29 is 4.79 Å². The van der Waals surface area contributed by atoms with Crippen molar-refractivity contribution in [3.63, 3.8) is 0 Å². The third kappa shape index (κ3) is 2.52. The fourth-order valence-electron chi connectivity index (χ4n) is 3.32. The average molecular weight is 331 g/mol. The third-order valence-corrected chi connectivity index (χ3v) is 4.86. The molecule has 0 aromatic carbocycles. The van der Waals surface area contributed by atoms with Gasteiger partial charge in [0.15, 0.2) is 0 Å². The molecule has 1 saturated carbocycles. The number of amides is 1. The molecule has 2 aromatic rings. The van der Waals surface area contributed by atoms with E-state index in [9.17, 15) is 14.4 Å². The molecule has 1 fully saturated rings. The molecule has 1 aliphatic rings. The fraction of sp³-hybridized carbons (Fsp3) is 0.500. The molecule has 3 N–H and O–H groups in total. The van der Waals surface area contributed by atoms with Gasteiger partial charge in [-0.05, 0) is 25.0 Å². The van der Waals surface area contributed by atoms with E-state index < -0.39 is 11.2 Å². The summed E-state index contributed by atoms with van der Waals surface area (Å²) in [4.78, 5) is 41.0. The average Bonchev–Trinajstić information content (AvgIpc) is 3.06. The molecule has 0 aliphatic heterocycles. The Balaban J connectivity index is 2.03. The van der Waals surface area contributed by atoms with Crippen LogP contribution >= 0.6 is 0 Å².